The van der Waals surface area contributed by atoms with E-state index in [2.05, 4.69) is 26.1 Å². The molecule has 2 atom stereocenters. The lowest BCUT2D eigenvalue weighted by molar-refractivity contribution is -0.138. The predicted octanol–water partition coefficient (Wildman–Crippen LogP) is 1.90. The number of nitrogens with one attached hydrogen (secondary N) is 1. The Balaban J connectivity index is 3.78. The van der Waals surface area contributed by atoms with E-state index in [9.17, 15) is 9.59 Å². The van der Waals surface area contributed by atoms with Crippen LogP contribution in [0.4, 0.5) is 0 Å². The average molecular weight is 229 g/mol. The predicted molar refractivity (Wildman–Crippen MR) is 63.0 cm³/mol. The molecule has 0 fully saturated rings. The lowest BCUT2D eigenvalue weighted by Gasteiger charge is -2.16. The number of carbonyl (C=O) groups excluding carboxylic acids is 1. The highest BCUT2D eigenvalue weighted by atomic mass is 16.4. The van der Waals surface area contributed by atoms with Crippen LogP contribution in [-0.4, -0.2) is 23.5 Å². The second-order valence-electron chi connectivity index (χ2n) is 4.93. The van der Waals surface area contributed by atoms with Gasteiger partial charge in [-0.3, -0.25) is 9.59 Å². The van der Waals surface area contributed by atoms with Gasteiger partial charge in [0.25, 0.3) is 0 Å². The Bertz CT molecular complexity index is 238. The van der Waals surface area contributed by atoms with Crippen LogP contribution in [0.5, 0.6) is 0 Å². The van der Waals surface area contributed by atoms with Crippen molar-refractivity contribution in [2.24, 2.45) is 17.8 Å². The maximum atomic E-state index is 11.5. The number of hydrogen-bond acceptors (Lipinski definition) is 2. The van der Waals surface area contributed by atoms with Gasteiger partial charge in [0.05, 0.1) is 0 Å². The molecule has 4 nitrogen and oxygen atoms in total. The third-order valence-electron chi connectivity index (χ3n) is 2.82. The van der Waals surface area contributed by atoms with Crippen LogP contribution in [0.1, 0.15) is 40.5 Å². The Morgan fingerprint density at radius 2 is 1.69 bits per heavy atom. The zero-order valence-electron chi connectivity index (χ0n) is 10.6. The van der Waals surface area contributed by atoms with E-state index in [1.165, 1.54) is 0 Å². The van der Waals surface area contributed by atoms with Gasteiger partial charge in [-0.05, 0) is 17.8 Å². The zero-order chi connectivity index (χ0) is 12.7. The number of amides is 1. The third kappa shape index (κ3) is 7.26. The molecule has 94 valence electrons. The first-order chi connectivity index (χ1) is 7.32. The lowest BCUT2D eigenvalue weighted by atomic mass is 9.98. The van der Waals surface area contributed by atoms with Crippen LogP contribution < -0.4 is 5.32 Å². The Morgan fingerprint density at radius 3 is 2.12 bits per heavy atom. The Hall–Kier alpha value is -1.06. The highest BCUT2D eigenvalue weighted by Crippen LogP contribution is 2.09. The van der Waals surface area contributed by atoms with E-state index in [0.717, 1.165) is 0 Å². The van der Waals surface area contributed by atoms with Gasteiger partial charge >= 0.3 is 5.97 Å². The van der Waals surface area contributed by atoms with Gasteiger partial charge in [-0.15, -0.1) is 0 Å². The minimum atomic E-state index is -0.851. The number of carboxylic acids is 1. The van der Waals surface area contributed by atoms with Crippen LogP contribution in [0, 0.1) is 17.8 Å². The molecular weight excluding hydrogens is 206 g/mol. The topological polar surface area (TPSA) is 66.4 Å². The Morgan fingerprint density at radius 1 is 1.12 bits per heavy atom. The highest BCUT2D eigenvalue weighted by Gasteiger charge is 2.13. The van der Waals surface area contributed by atoms with Crippen molar-refractivity contribution in [2.45, 2.75) is 40.5 Å². The summed E-state index contributed by atoms with van der Waals surface area (Å²) in [6.45, 7) is 8.76. The molecule has 16 heavy (non-hydrogen) atoms. The molecule has 0 aromatic rings. The number of rotatable bonds is 7. The summed E-state index contributed by atoms with van der Waals surface area (Å²) >= 11 is 0. The number of carbonyl (C=O) groups is 2. The molecule has 0 aromatic heterocycles. The molecule has 0 spiro atoms. The van der Waals surface area contributed by atoms with Crippen molar-refractivity contribution in [2.75, 3.05) is 6.54 Å². The quantitative estimate of drug-likeness (QED) is 0.700. The maximum absolute atomic E-state index is 11.5. The van der Waals surface area contributed by atoms with E-state index < -0.39 is 5.97 Å². The minimum Gasteiger partial charge on any atom is -0.481 e. The van der Waals surface area contributed by atoms with E-state index in [1.807, 2.05) is 0 Å². The molecule has 0 aliphatic rings. The standard InChI is InChI=1S/C12H23NO3/c1-8(2)10(4)7-13-11(14)5-9(3)6-12(15)16/h8-10H,5-7H2,1-4H3,(H,13,14)(H,15,16). The second-order valence-corrected chi connectivity index (χ2v) is 4.93. The molecule has 0 bridgehead atoms. The molecule has 0 aromatic carbocycles. The van der Waals surface area contributed by atoms with Gasteiger partial charge in [0, 0.05) is 19.4 Å². The van der Waals surface area contributed by atoms with E-state index >= 15 is 0 Å². The first kappa shape index (κ1) is 14.9. The summed E-state index contributed by atoms with van der Waals surface area (Å²) in [6, 6.07) is 0. The minimum absolute atomic E-state index is 0.0488. The molecule has 2 N–H and O–H groups in total. The van der Waals surface area contributed by atoms with Gasteiger partial charge in [-0.2, -0.15) is 0 Å². The van der Waals surface area contributed by atoms with Gasteiger partial charge in [-0.25, -0.2) is 0 Å². The second kappa shape index (κ2) is 7.25. The molecule has 0 rings (SSSR count). The SMILES string of the molecule is CC(CC(=O)O)CC(=O)NCC(C)C(C)C. The third-order valence-corrected chi connectivity index (χ3v) is 2.82. The smallest absolute Gasteiger partial charge is 0.303 e. The molecule has 0 radical (unpaired) electrons. The number of carboxylic acid groups (broad SMARTS) is 1. The summed E-state index contributed by atoms with van der Waals surface area (Å²) in [7, 11) is 0. The highest BCUT2D eigenvalue weighted by molar-refractivity contribution is 5.77. The zero-order valence-corrected chi connectivity index (χ0v) is 10.6. The summed E-state index contributed by atoms with van der Waals surface area (Å²) in [5.74, 6) is -0.0283. The van der Waals surface area contributed by atoms with Crippen LogP contribution >= 0.6 is 0 Å². The summed E-state index contributed by atoms with van der Waals surface area (Å²) in [6.07, 6.45) is 0.338. The van der Waals surface area contributed by atoms with E-state index in [1.54, 1.807) is 6.92 Å². The van der Waals surface area contributed by atoms with Gasteiger partial charge in [0.1, 0.15) is 0 Å². The van der Waals surface area contributed by atoms with E-state index in [0.29, 0.717) is 18.4 Å². The van der Waals surface area contributed by atoms with Crippen LogP contribution in [0.25, 0.3) is 0 Å². The van der Waals surface area contributed by atoms with Crippen molar-refractivity contribution in [3.63, 3.8) is 0 Å². The van der Waals surface area contributed by atoms with Gasteiger partial charge in [-0.1, -0.05) is 27.7 Å². The van der Waals surface area contributed by atoms with Crippen molar-refractivity contribution < 1.29 is 14.7 Å². The molecule has 0 saturated heterocycles. The van der Waals surface area contributed by atoms with E-state index in [-0.39, 0.29) is 24.7 Å². The molecule has 4 heteroatoms. The fourth-order valence-corrected chi connectivity index (χ4v) is 1.27. The van der Waals surface area contributed by atoms with Crippen molar-refractivity contribution in [1.82, 2.24) is 5.32 Å². The summed E-state index contributed by atoms with van der Waals surface area (Å²) < 4.78 is 0. The summed E-state index contributed by atoms with van der Waals surface area (Å²) in [5, 5.41) is 11.4. The number of aliphatic carboxylic acids is 1. The first-order valence-electron chi connectivity index (χ1n) is 5.81. The molecule has 0 aliphatic carbocycles. The van der Waals surface area contributed by atoms with Crippen LogP contribution in [0.15, 0.2) is 0 Å². The average Bonchev–Trinajstić information content (AvgIpc) is 2.12. The molecule has 0 aliphatic heterocycles. The van der Waals surface area contributed by atoms with Crippen LogP contribution in [0.2, 0.25) is 0 Å². The van der Waals surface area contributed by atoms with Gasteiger partial charge < -0.3 is 10.4 Å². The first-order valence-corrected chi connectivity index (χ1v) is 5.81. The lowest BCUT2D eigenvalue weighted by Crippen LogP contribution is -2.31. The van der Waals surface area contributed by atoms with Gasteiger partial charge in [0.2, 0.25) is 5.91 Å². The summed E-state index contributed by atoms with van der Waals surface area (Å²) in [4.78, 5) is 21.9. The molecular formula is C12H23NO3. The number of hydrogen-bond donors (Lipinski definition) is 2. The Kier molecular flexibility index (Phi) is 6.77. The van der Waals surface area contributed by atoms with E-state index in [4.69, 9.17) is 5.11 Å². The van der Waals surface area contributed by atoms with Crippen molar-refractivity contribution >= 4 is 11.9 Å². The van der Waals surface area contributed by atoms with Crippen LogP contribution in [0.3, 0.4) is 0 Å². The fourth-order valence-electron chi connectivity index (χ4n) is 1.27. The van der Waals surface area contributed by atoms with Gasteiger partial charge in [0.15, 0.2) is 0 Å². The molecule has 2 unspecified atom stereocenters. The maximum Gasteiger partial charge on any atom is 0.303 e. The summed E-state index contributed by atoms with van der Waals surface area (Å²) in [5.41, 5.74) is 0. The van der Waals surface area contributed by atoms with Crippen molar-refractivity contribution in [3.8, 4) is 0 Å². The molecule has 1 amide bonds. The monoisotopic (exact) mass is 229 g/mol. The normalized spacial score (nSPS) is 14.6. The molecule has 0 heterocycles. The molecule has 0 saturated carbocycles. The van der Waals surface area contributed by atoms with Crippen molar-refractivity contribution in [3.05, 3.63) is 0 Å². The Labute approximate surface area is 97.4 Å². The van der Waals surface area contributed by atoms with Crippen LogP contribution in [-0.2, 0) is 9.59 Å². The fraction of sp³-hybridized carbons (Fsp3) is 0.833. The largest absolute Gasteiger partial charge is 0.481 e. The van der Waals surface area contributed by atoms with Crippen molar-refractivity contribution in [1.29, 1.82) is 0 Å².